The largest absolute Gasteiger partial charge is 0.325 e. The van der Waals surface area contributed by atoms with Crippen molar-refractivity contribution in [3.05, 3.63) is 53.5 Å². The lowest BCUT2D eigenvalue weighted by molar-refractivity contribution is -0.117. The lowest BCUT2D eigenvalue weighted by Gasteiger charge is -2.27. The first-order valence-corrected chi connectivity index (χ1v) is 12.7. The van der Waals surface area contributed by atoms with Crippen LogP contribution in [0.5, 0.6) is 0 Å². The van der Waals surface area contributed by atoms with Crippen molar-refractivity contribution in [3.8, 4) is 11.1 Å². The smallest absolute Gasteiger partial charge is 0.238 e. The normalized spacial score (nSPS) is 19.1. The first kappa shape index (κ1) is 22.0. The maximum Gasteiger partial charge on any atom is 0.238 e. The van der Waals surface area contributed by atoms with Gasteiger partial charge in [-0.25, -0.2) is 9.97 Å². The topological polar surface area (TPSA) is 73.4 Å². The van der Waals surface area contributed by atoms with Crippen molar-refractivity contribution in [3.63, 3.8) is 0 Å². The highest BCUT2D eigenvalue weighted by atomic mass is 32.1. The molecule has 1 atom stereocenters. The Morgan fingerprint density at radius 1 is 0.970 bits per heavy atom. The molecule has 1 amide bonds. The Kier molecular flexibility index (Phi) is 6.95. The summed E-state index contributed by atoms with van der Waals surface area (Å²) in [6.07, 6.45) is 8.64. The van der Waals surface area contributed by atoms with Gasteiger partial charge >= 0.3 is 0 Å². The number of hydrogen-bond acceptors (Lipinski definition) is 7. The monoisotopic (exact) mass is 462 g/mol. The van der Waals surface area contributed by atoms with Crippen molar-refractivity contribution >= 4 is 34.6 Å². The molecule has 0 aliphatic carbocycles. The molecule has 2 fully saturated rings. The van der Waals surface area contributed by atoms with Crippen molar-refractivity contribution in [2.24, 2.45) is 0 Å². The average molecular weight is 463 g/mol. The number of amides is 1. The molecular weight excluding hydrogens is 432 g/mol. The van der Waals surface area contributed by atoms with Gasteiger partial charge in [0.05, 0.1) is 6.54 Å². The SMILES string of the molecule is O=C(CN1CCCC1CN1CCCC1)Nc1ccc(Nc2ncc(-c3ccsc3)cn2)cc1. The standard InChI is InChI=1S/C25H30N6OS/c32-24(17-31-12-3-4-23(31)16-30-10-1-2-11-30)28-21-5-7-22(8-6-21)29-25-26-14-20(15-27-25)19-9-13-33-18-19/h5-9,13-15,18,23H,1-4,10-12,16-17H2,(H,28,32)(H,26,27,29). The number of anilines is 3. The third-order valence-electron chi connectivity index (χ3n) is 6.44. The molecule has 8 heteroatoms. The lowest BCUT2D eigenvalue weighted by atomic mass is 10.2. The number of likely N-dealkylation sites (tertiary alicyclic amines) is 2. The quantitative estimate of drug-likeness (QED) is 0.515. The van der Waals surface area contributed by atoms with Gasteiger partial charge in [0, 0.05) is 41.9 Å². The van der Waals surface area contributed by atoms with E-state index in [4.69, 9.17) is 0 Å². The molecule has 33 heavy (non-hydrogen) atoms. The summed E-state index contributed by atoms with van der Waals surface area (Å²) >= 11 is 1.66. The van der Waals surface area contributed by atoms with Gasteiger partial charge in [0.25, 0.3) is 0 Å². The van der Waals surface area contributed by atoms with E-state index >= 15 is 0 Å². The number of nitrogens with zero attached hydrogens (tertiary/aromatic N) is 4. The minimum Gasteiger partial charge on any atom is -0.325 e. The maximum absolute atomic E-state index is 12.7. The number of rotatable bonds is 8. The Morgan fingerprint density at radius 2 is 1.73 bits per heavy atom. The maximum atomic E-state index is 12.7. The third-order valence-corrected chi connectivity index (χ3v) is 7.13. The second kappa shape index (κ2) is 10.4. The Morgan fingerprint density at radius 3 is 2.45 bits per heavy atom. The first-order chi connectivity index (χ1) is 16.2. The van der Waals surface area contributed by atoms with Gasteiger partial charge in [-0.3, -0.25) is 9.69 Å². The van der Waals surface area contributed by atoms with E-state index in [1.165, 1.54) is 38.8 Å². The number of nitrogens with one attached hydrogen (secondary N) is 2. The second-order valence-corrected chi connectivity index (χ2v) is 9.61. The molecule has 1 aromatic carbocycles. The molecule has 172 valence electrons. The molecule has 5 rings (SSSR count). The highest BCUT2D eigenvalue weighted by molar-refractivity contribution is 7.08. The van der Waals surface area contributed by atoms with Crippen LogP contribution in [0.3, 0.4) is 0 Å². The predicted molar refractivity (Wildman–Crippen MR) is 134 cm³/mol. The molecule has 2 N–H and O–H groups in total. The number of carbonyl (C=O) groups excluding carboxylic acids is 1. The molecule has 7 nitrogen and oxygen atoms in total. The fourth-order valence-corrected chi connectivity index (χ4v) is 5.36. The van der Waals surface area contributed by atoms with E-state index in [2.05, 4.69) is 41.8 Å². The van der Waals surface area contributed by atoms with Crippen molar-refractivity contribution < 1.29 is 4.79 Å². The Hall–Kier alpha value is -2.81. The highest BCUT2D eigenvalue weighted by Crippen LogP contribution is 2.23. The van der Waals surface area contributed by atoms with Crippen LogP contribution >= 0.6 is 11.3 Å². The zero-order valence-corrected chi connectivity index (χ0v) is 19.6. The third kappa shape index (κ3) is 5.76. The number of hydrogen-bond donors (Lipinski definition) is 2. The van der Waals surface area contributed by atoms with Crippen LogP contribution in [-0.4, -0.2) is 64.4 Å². The molecule has 0 radical (unpaired) electrons. The second-order valence-electron chi connectivity index (χ2n) is 8.83. The molecule has 0 saturated carbocycles. The summed E-state index contributed by atoms with van der Waals surface area (Å²) in [6, 6.07) is 10.2. The Labute approximate surface area is 198 Å². The van der Waals surface area contributed by atoms with E-state index in [1.807, 2.05) is 42.0 Å². The van der Waals surface area contributed by atoms with Crippen LogP contribution in [-0.2, 0) is 4.79 Å². The molecular formula is C25H30N6OS. The summed E-state index contributed by atoms with van der Waals surface area (Å²) in [5.41, 5.74) is 3.81. The molecule has 0 spiro atoms. The van der Waals surface area contributed by atoms with Crippen molar-refractivity contribution in [2.45, 2.75) is 31.7 Å². The predicted octanol–water partition coefficient (Wildman–Crippen LogP) is 4.45. The summed E-state index contributed by atoms with van der Waals surface area (Å²) in [7, 11) is 0. The van der Waals surface area contributed by atoms with E-state index in [0.29, 0.717) is 18.5 Å². The van der Waals surface area contributed by atoms with E-state index in [1.54, 1.807) is 11.3 Å². The van der Waals surface area contributed by atoms with Crippen LogP contribution in [0.1, 0.15) is 25.7 Å². The fraction of sp³-hybridized carbons (Fsp3) is 0.400. The number of benzene rings is 1. The van der Waals surface area contributed by atoms with Gasteiger partial charge in [0.15, 0.2) is 0 Å². The average Bonchev–Trinajstić information content (AvgIpc) is 3.60. The van der Waals surface area contributed by atoms with Crippen molar-refractivity contribution in [2.75, 3.05) is 43.4 Å². The Balaban J connectivity index is 1.11. The summed E-state index contributed by atoms with van der Waals surface area (Å²) in [6.45, 7) is 4.99. The van der Waals surface area contributed by atoms with E-state index in [9.17, 15) is 4.79 Å². The van der Waals surface area contributed by atoms with E-state index < -0.39 is 0 Å². The van der Waals surface area contributed by atoms with Gasteiger partial charge in [-0.05, 0) is 92.0 Å². The molecule has 0 bridgehead atoms. The number of aromatic nitrogens is 2. The molecule has 1 unspecified atom stereocenters. The summed E-state index contributed by atoms with van der Waals surface area (Å²) < 4.78 is 0. The van der Waals surface area contributed by atoms with E-state index in [-0.39, 0.29) is 5.91 Å². The first-order valence-electron chi connectivity index (χ1n) is 11.7. The minimum absolute atomic E-state index is 0.0522. The fourth-order valence-electron chi connectivity index (χ4n) is 4.69. The summed E-state index contributed by atoms with van der Waals surface area (Å²) in [5.74, 6) is 0.597. The molecule has 2 saturated heterocycles. The van der Waals surface area contributed by atoms with Crippen LogP contribution in [0.2, 0.25) is 0 Å². The zero-order chi connectivity index (χ0) is 22.5. The van der Waals surface area contributed by atoms with Gasteiger partial charge in [0.1, 0.15) is 0 Å². The number of carbonyl (C=O) groups is 1. The van der Waals surface area contributed by atoms with Gasteiger partial charge in [-0.15, -0.1) is 0 Å². The molecule has 2 aliphatic heterocycles. The van der Waals surface area contributed by atoms with Crippen molar-refractivity contribution in [1.82, 2.24) is 19.8 Å². The van der Waals surface area contributed by atoms with Gasteiger partial charge in [-0.1, -0.05) is 0 Å². The van der Waals surface area contributed by atoms with Crippen LogP contribution in [0, 0.1) is 0 Å². The van der Waals surface area contributed by atoms with Gasteiger partial charge in [-0.2, -0.15) is 11.3 Å². The van der Waals surface area contributed by atoms with Gasteiger partial charge < -0.3 is 15.5 Å². The highest BCUT2D eigenvalue weighted by Gasteiger charge is 2.28. The molecule has 2 aliphatic rings. The molecule has 4 heterocycles. The van der Waals surface area contributed by atoms with Crippen LogP contribution < -0.4 is 10.6 Å². The summed E-state index contributed by atoms with van der Waals surface area (Å²) in [5, 5.41) is 10.4. The van der Waals surface area contributed by atoms with E-state index in [0.717, 1.165) is 35.6 Å². The van der Waals surface area contributed by atoms with Crippen LogP contribution in [0.15, 0.2) is 53.5 Å². The molecule has 2 aromatic heterocycles. The summed E-state index contributed by atoms with van der Waals surface area (Å²) in [4.78, 5) is 26.4. The Bertz CT molecular complexity index is 1030. The zero-order valence-electron chi connectivity index (χ0n) is 18.7. The molecule has 3 aromatic rings. The number of thiophene rings is 1. The minimum atomic E-state index is 0.0522. The van der Waals surface area contributed by atoms with Crippen LogP contribution in [0.4, 0.5) is 17.3 Å². The van der Waals surface area contributed by atoms with Crippen molar-refractivity contribution in [1.29, 1.82) is 0 Å². The van der Waals surface area contributed by atoms with Crippen LogP contribution in [0.25, 0.3) is 11.1 Å². The van der Waals surface area contributed by atoms with Gasteiger partial charge in [0.2, 0.25) is 11.9 Å². The lowest BCUT2D eigenvalue weighted by Crippen LogP contribution is -2.42.